The molecule has 1 aliphatic heterocycles. The third-order valence-electron chi connectivity index (χ3n) is 4.58. The van der Waals surface area contributed by atoms with Crippen molar-refractivity contribution < 1.29 is 4.79 Å². The number of benzene rings is 1. The first-order valence-electron chi connectivity index (χ1n) is 8.15. The molecule has 1 aromatic carbocycles. The van der Waals surface area contributed by atoms with Crippen LogP contribution in [-0.4, -0.2) is 18.2 Å². The van der Waals surface area contributed by atoms with Gasteiger partial charge in [0, 0.05) is 18.7 Å². The summed E-state index contributed by atoms with van der Waals surface area (Å²) in [7, 11) is 0. The molecule has 2 nitrogen and oxygen atoms in total. The van der Waals surface area contributed by atoms with Gasteiger partial charge in [-0.15, -0.1) is 0 Å². The summed E-state index contributed by atoms with van der Waals surface area (Å²) in [5.41, 5.74) is 2.57. The molecule has 0 fully saturated rings. The third kappa shape index (κ3) is 3.63. The van der Waals surface area contributed by atoms with Crippen molar-refractivity contribution in [3.63, 3.8) is 0 Å². The highest BCUT2D eigenvalue weighted by Crippen LogP contribution is 2.36. The number of carbonyl (C=O) groups excluding carboxylic acids is 1. The summed E-state index contributed by atoms with van der Waals surface area (Å²) >= 11 is 4.63. The molecular formula is C18H27NOS. The predicted molar refractivity (Wildman–Crippen MR) is 93.2 cm³/mol. The van der Waals surface area contributed by atoms with Gasteiger partial charge < -0.3 is 4.90 Å². The fraction of sp³-hybridized carbons (Fsp3) is 0.611. The van der Waals surface area contributed by atoms with Crippen LogP contribution in [0.5, 0.6) is 0 Å². The number of hydrogen-bond donors (Lipinski definition) is 1. The van der Waals surface area contributed by atoms with Crippen molar-refractivity contribution in [2.24, 2.45) is 5.41 Å². The van der Waals surface area contributed by atoms with E-state index >= 15 is 0 Å². The second-order valence-electron chi connectivity index (χ2n) is 6.27. The maximum absolute atomic E-state index is 12.5. The maximum atomic E-state index is 12.5. The Morgan fingerprint density at radius 1 is 1.14 bits per heavy atom. The first-order chi connectivity index (χ1) is 10.2. The number of carbonyl (C=O) groups is 1. The Bertz CT molecular complexity index is 480. The van der Waals surface area contributed by atoms with E-state index in [9.17, 15) is 4.79 Å². The summed E-state index contributed by atoms with van der Waals surface area (Å²) in [6.07, 6.45) is 6.07. The largest absolute Gasteiger partial charge is 0.312 e. The van der Waals surface area contributed by atoms with Crippen LogP contribution in [0, 0.1) is 5.41 Å². The van der Waals surface area contributed by atoms with Crippen molar-refractivity contribution in [3.05, 3.63) is 29.8 Å². The summed E-state index contributed by atoms with van der Waals surface area (Å²) in [6.45, 7) is 5.26. The van der Waals surface area contributed by atoms with Crippen LogP contribution in [0.25, 0.3) is 0 Å². The molecule has 21 heavy (non-hydrogen) atoms. The van der Waals surface area contributed by atoms with Crippen LogP contribution in [0.2, 0.25) is 0 Å². The molecule has 0 atom stereocenters. The number of para-hydroxylation sites is 1. The number of hydrogen-bond acceptors (Lipinski definition) is 2. The van der Waals surface area contributed by atoms with Crippen LogP contribution in [-0.2, 0) is 11.2 Å². The van der Waals surface area contributed by atoms with Gasteiger partial charge in [0.25, 0.3) is 0 Å². The van der Waals surface area contributed by atoms with E-state index in [1.165, 1.54) is 5.56 Å². The molecule has 0 radical (unpaired) electrons. The van der Waals surface area contributed by atoms with E-state index in [1.807, 2.05) is 11.0 Å². The highest BCUT2D eigenvalue weighted by atomic mass is 32.1. The number of amides is 1. The van der Waals surface area contributed by atoms with Gasteiger partial charge in [-0.05, 0) is 42.1 Å². The van der Waals surface area contributed by atoms with E-state index in [1.54, 1.807) is 0 Å². The van der Waals surface area contributed by atoms with E-state index < -0.39 is 0 Å². The van der Waals surface area contributed by atoms with Gasteiger partial charge >= 0.3 is 0 Å². The van der Waals surface area contributed by atoms with Crippen LogP contribution in [0.1, 0.15) is 51.5 Å². The van der Waals surface area contributed by atoms with Crippen molar-refractivity contribution >= 4 is 24.2 Å². The molecule has 0 saturated carbocycles. The van der Waals surface area contributed by atoms with Crippen LogP contribution in [0.4, 0.5) is 5.69 Å². The van der Waals surface area contributed by atoms with Gasteiger partial charge in [0.1, 0.15) is 0 Å². The number of thiol groups is 1. The third-order valence-corrected chi connectivity index (χ3v) is 5.25. The minimum absolute atomic E-state index is 0.146. The highest BCUT2D eigenvalue weighted by Gasteiger charge is 2.34. The van der Waals surface area contributed by atoms with Crippen LogP contribution in [0.3, 0.4) is 0 Å². The smallest absolute Gasteiger partial charge is 0.227 e. The molecule has 1 aliphatic rings. The average molecular weight is 305 g/mol. The summed E-state index contributed by atoms with van der Waals surface area (Å²) in [5.74, 6) is 1.12. The molecule has 1 amide bonds. The molecule has 3 heteroatoms. The number of rotatable bonds is 7. The zero-order chi connectivity index (χ0) is 15.3. The van der Waals surface area contributed by atoms with E-state index in [-0.39, 0.29) is 11.3 Å². The van der Waals surface area contributed by atoms with Gasteiger partial charge in [0.05, 0.1) is 0 Å². The van der Waals surface area contributed by atoms with Crippen molar-refractivity contribution in [1.82, 2.24) is 0 Å². The fourth-order valence-electron chi connectivity index (χ4n) is 3.56. The van der Waals surface area contributed by atoms with Crippen molar-refractivity contribution in [2.45, 2.75) is 52.4 Å². The molecule has 0 saturated heterocycles. The van der Waals surface area contributed by atoms with Gasteiger partial charge in [-0.2, -0.15) is 12.6 Å². The highest BCUT2D eigenvalue weighted by molar-refractivity contribution is 7.80. The lowest BCUT2D eigenvalue weighted by Crippen LogP contribution is -2.44. The van der Waals surface area contributed by atoms with E-state index in [4.69, 9.17) is 0 Å². The van der Waals surface area contributed by atoms with Crippen LogP contribution in [0.15, 0.2) is 24.3 Å². The summed E-state index contributed by atoms with van der Waals surface area (Å²) < 4.78 is 0. The average Bonchev–Trinajstić information content (AvgIpc) is 2.50. The summed E-state index contributed by atoms with van der Waals surface area (Å²) in [6, 6.07) is 8.34. The Kier molecular flexibility index (Phi) is 5.74. The lowest BCUT2D eigenvalue weighted by molar-refractivity contribution is -0.119. The number of anilines is 1. The first-order valence-corrected chi connectivity index (χ1v) is 8.78. The standard InChI is InChI=1S/C18H27NOS/c1-3-11-18(14-21,12-4-2)13-19-16-8-6-5-7-15(16)9-10-17(19)20/h5-8,21H,3-4,9-14H2,1-2H3. The number of nitrogens with zero attached hydrogens (tertiary/aromatic N) is 1. The van der Waals surface area contributed by atoms with Gasteiger partial charge in [0.2, 0.25) is 5.91 Å². The van der Waals surface area contributed by atoms with Crippen LogP contribution >= 0.6 is 12.6 Å². The Morgan fingerprint density at radius 3 is 2.43 bits per heavy atom. The first kappa shape index (κ1) is 16.4. The monoisotopic (exact) mass is 305 g/mol. The molecular weight excluding hydrogens is 278 g/mol. The minimum Gasteiger partial charge on any atom is -0.312 e. The Labute approximate surface area is 134 Å². The Balaban J connectivity index is 2.29. The molecule has 0 spiro atoms. The second kappa shape index (κ2) is 7.35. The minimum atomic E-state index is 0.146. The molecule has 0 unspecified atom stereocenters. The van der Waals surface area contributed by atoms with Gasteiger partial charge in [-0.3, -0.25) is 4.79 Å². The van der Waals surface area contributed by atoms with Gasteiger partial charge in [0.15, 0.2) is 0 Å². The van der Waals surface area contributed by atoms with Crippen molar-refractivity contribution in [3.8, 4) is 0 Å². The van der Waals surface area contributed by atoms with E-state index in [2.05, 4.69) is 44.7 Å². The maximum Gasteiger partial charge on any atom is 0.227 e. The van der Waals surface area contributed by atoms with Crippen LogP contribution < -0.4 is 4.90 Å². The van der Waals surface area contributed by atoms with Crippen molar-refractivity contribution in [1.29, 1.82) is 0 Å². The SMILES string of the molecule is CCCC(CS)(CCC)CN1C(=O)CCc2ccccc21. The molecule has 1 heterocycles. The molecule has 2 rings (SSSR count). The Hall–Kier alpha value is -0.960. The molecule has 0 aromatic heterocycles. The zero-order valence-corrected chi connectivity index (χ0v) is 14.2. The Morgan fingerprint density at radius 2 is 1.81 bits per heavy atom. The molecule has 1 aromatic rings. The zero-order valence-electron chi connectivity index (χ0n) is 13.3. The molecule has 0 N–H and O–H groups in total. The number of fused-ring (bicyclic) bond motifs is 1. The molecule has 116 valence electrons. The van der Waals surface area contributed by atoms with E-state index in [0.717, 1.165) is 50.1 Å². The normalized spacial score (nSPS) is 15.2. The summed E-state index contributed by atoms with van der Waals surface area (Å²) in [5, 5.41) is 0. The number of aryl methyl sites for hydroxylation is 1. The quantitative estimate of drug-likeness (QED) is 0.736. The van der Waals surface area contributed by atoms with Crippen molar-refractivity contribution in [2.75, 3.05) is 17.2 Å². The molecule has 0 aliphatic carbocycles. The lowest BCUT2D eigenvalue weighted by atomic mass is 9.80. The second-order valence-corrected chi connectivity index (χ2v) is 6.58. The molecule has 0 bridgehead atoms. The fourth-order valence-corrected chi connectivity index (χ4v) is 3.97. The van der Waals surface area contributed by atoms with Gasteiger partial charge in [-0.25, -0.2) is 0 Å². The van der Waals surface area contributed by atoms with E-state index in [0.29, 0.717) is 6.42 Å². The predicted octanol–water partition coefficient (Wildman–Crippen LogP) is 4.48. The topological polar surface area (TPSA) is 20.3 Å². The lowest BCUT2D eigenvalue weighted by Gasteiger charge is -2.40. The van der Waals surface area contributed by atoms with Gasteiger partial charge in [-0.1, -0.05) is 44.9 Å². The summed E-state index contributed by atoms with van der Waals surface area (Å²) in [4.78, 5) is 14.5.